The minimum absolute atomic E-state index is 0.184. The maximum atomic E-state index is 12.7. The van der Waals surface area contributed by atoms with Crippen molar-refractivity contribution >= 4 is 21.6 Å². The summed E-state index contributed by atoms with van der Waals surface area (Å²) < 4.78 is 28.1. The van der Waals surface area contributed by atoms with Crippen molar-refractivity contribution in [3.8, 4) is 0 Å². The third-order valence-electron chi connectivity index (χ3n) is 3.73. The van der Waals surface area contributed by atoms with Gasteiger partial charge < -0.3 is 5.32 Å². The Balaban J connectivity index is 2.26. The number of carbonyl (C=O) groups is 1. The van der Waals surface area contributed by atoms with Gasteiger partial charge in [-0.2, -0.15) is 0 Å². The van der Waals surface area contributed by atoms with Crippen molar-refractivity contribution in [2.45, 2.75) is 38.1 Å². The number of sulfonamides is 1. The van der Waals surface area contributed by atoms with Gasteiger partial charge in [-0.3, -0.25) is 4.79 Å². The summed E-state index contributed by atoms with van der Waals surface area (Å²) >= 11 is 0. The van der Waals surface area contributed by atoms with Crippen LogP contribution in [-0.2, 0) is 14.8 Å². The van der Waals surface area contributed by atoms with Gasteiger partial charge >= 0.3 is 0 Å². The van der Waals surface area contributed by atoms with Crippen LogP contribution < -0.4 is 10.0 Å². The van der Waals surface area contributed by atoms with Gasteiger partial charge in [0, 0.05) is 18.7 Å². The first-order valence-corrected chi connectivity index (χ1v) is 9.27. The van der Waals surface area contributed by atoms with E-state index in [2.05, 4.69) is 10.0 Å². The van der Waals surface area contributed by atoms with E-state index in [4.69, 9.17) is 0 Å². The lowest BCUT2D eigenvalue weighted by Crippen LogP contribution is -2.28. The lowest BCUT2D eigenvalue weighted by atomic mass is 10.1. The molecule has 0 spiro atoms. The zero-order valence-corrected chi connectivity index (χ0v) is 14.9. The lowest BCUT2D eigenvalue weighted by Gasteiger charge is -2.18. The summed E-state index contributed by atoms with van der Waals surface area (Å²) in [6.45, 7) is 5.11. The summed E-state index contributed by atoms with van der Waals surface area (Å²) in [4.78, 5) is 11.3. The summed E-state index contributed by atoms with van der Waals surface area (Å²) in [5.41, 5.74) is 2.23. The predicted molar refractivity (Wildman–Crippen MR) is 95.3 cm³/mol. The molecule has 1 amide bonds. The van der Waals surface area contributed by atoms with E-state index >= 15 is 0 Å². The Morgan fingerprint density at radius 1 is 1.12 bits per heavy atom. The molecule has 0 aliphatic carbocycles. The first-order chi connectivity index (χ1) is 11.3. The monoisotopic (exact) mass is 346 g/mol. The highest BCUT2D eigenvalue weighted by Crippen LogP contribution is 2.23. The molecule has 24 heavy (non-hydrogen) atoms. The van der Waals surface area contributed by atoms with Crippen LogP contribution in [0.2, 0.25) is 0 Å². The van der Waals surface area contributed by atoms with Crippen molar-refractivity contribution in [2.75, 3.05) is 5.32 Å². The molecule has 5 nitrogen and oxygen atoms in total. The first kappa shape index (κ1) is 18.2. The molecule has 0 aromatic heterocycles. The van der Waals surface area contributed by atoms with Gasteiger partial charge in [-0.25, -0.2) is 13.1 Å². The van der Waals surface area contributed by atoms with Gasteiger partial charge in [0.05, 0.1) is 4.90 Å². The second-order valence-electron chi connectivity index (χ2n) is 5.65. The minimum Gasteiger partial charge on any atom is -0.326 e. The van der Waals surface area contributed by atoms with Gasteiger partial charge in [0.1, 0.15) is 0 Å². The topological polar surface area (TPSA) is 75.3 Å². The normalized spacial score (nSPS) is 12.6. The molecule has 6 heteroatoms. The van der Waals surface area contributed by atoms with Crippen LogP contribution in [0.3, 0.4) is 0 Å². The summed E-state index contributed by atoms with van der Waals surface area (Å²) in [6.07, 6.45) is 0.645. The summed E-state index contributed by atoms with van der Waals surface area (Å²) in [7, 11) is -3.65. The van der Waals surface area contributed by atoms with Gasteiger partial charge in [0.25, 0.3) is 0 Å². The minimum atomic E-state index is -3.65. The number of hydrogen-bond acceptors (Lipinski definition) is 3. The molecule has 128 valence electrons. The maximum Gasteiger partial charge on any atom is 0.241 e. The van der Waals surface area contributed by atoms with Crippen LogP contribution >= 0.6 is 0 Å². The summed E-state index contributed by atoms with van der Waals surface area (Å²) in [5, 5.41) is 2.68. The van der Waals surface area contributed by atoms with Crippen LogP contribution in [0, 0.1) is 6.92 Å². The molecular formula is C18H22N2O3S. The highest BCUT2D eigenvalue weighted by atomic mass is 32.2. The highest BCUT2D eigenvalue weighted by Gasteiger charge is 2.20. The van der Waals surface area contributed by atoms with Crippen molar-refractivity contribution in [1.29, 1.82) is 0 Å². The number of hydrogen-bond donors (Lipinski definition) is 2. The van der Waals surface area contributed by atoms with Crippen LogP contribution in [0.15, 0.2) is 53.4 Å². The Labute approximate surface area is 143 Å². The lowest BCUT2D eigenvalue weighted by molar-refractivity contribution is -0.114. The molecule has 0 bridgehead atoms. The molecule has 0 fully saturated rings. The Kier molecular flexibility index (Phi) is 5.75. The Bertz CT molecular complexity index is 817. The SMILES string of the molecule is CCC(NS(=O)(=O)c1ccc(NC(C)=O)c(C)c1)c1ccccc1. The number of amides is 1. The average Bonchev–Trinajstić information content (AvgIpc) is 2.55. The van der Waals surface area contributed by atoms with E-state index in [1.165, 1.54) is 13.0 Å². The number of anilines is 1. The molecule has 2 rings (SSSR count). The molecule has 1 unspecified atom stereocenters. The fraction of sp³-hybridized carbons (Fsp3) is 0.278. The van der Waals surface area contributed by atoms with E-state index in [0.717, 1.165) is 5.56 Å². The number of rotatable bonds is 6. The van der Waals surface area contributed by atoms with Crippen LogP contribution in [0.4, 0.5) is 5.69 Å². The average molecular weight is 346 g/mol. The quantitative estimate of drug-likeness (QED) is 0.842. The van der Waals surface area contributed by atoms with Crippen LogP contribution in [0.5, 0.6) is 0 Å². The Hall–Kier alpha value is -2.18. The summed E-state index contributed by atoms with van der Waals surface area (Å²) in [5.74, 6) is -0.193. The second-order valence-corrected chi connectivity index (χ2v) is 7.36. The largest absolute Gasteiger partial charge is 0.326 e. The van der Waals surface area contributed by atoms with E-state index < -0.39 is 10.0 Å². The van der Waals surface area contributed by atoms with Crippen molar-refractivity contribution in [3.63, 3.8) is 0 Å². The van der Waals surface area contributed by atoms with Crippen molar-refractivity contribution < 1.29 is 13.2 Å². The number of carbonyl (C=O) groups excluding carboxylic acids is 1. The van der Waals surface area contributed by atoms with Crippen LogP contribution in [0.25, 0.3) is 0 Å². The molecular weight excluding hydrogens is 324 g/mol. The third kappa shape index (κ3) is 4.43. The van der Waals surface area contributed by atoms with Gasteiger partial charge in [-0.1, -0.05) is 37.3 Å². The van der Waals surface area contributed by atoms with Gasteiger partial charge in [-0.05, 0) is 42.7 Å². The van der Waals surface area contributed by atoms with E-state index in [1.54, 1.807) is 19.1 Å². The van der Waals surface area contributed by atoms with Crippen molar-refractivity contribution in [3.05, 3.63) is 59.7 Å². The standard InChI is InChI=1S/C18H22N2O3S/c1-4-17(15-8-6-5-7-9-15)20-24(22,23)16-10-11-18(13(2)12-16)19-14(3)21/h5-12,17,20H,4H2,1-3H3,(H,19,21). The molecule has 1 atom stereocenters. The van der Waals surface area contributed by atoms with Gasteiger partial charge in [0.2, 0.25) is 15.9 Å². The van der Waals surface area contributed by atoms with Crippen LogP contribution in [-0.4, -0.2) is 14.3 Å². The molecule has 0 heterocycles. The Morgan fingerprint density at radius 2 is 1.79 bits per heavy atom. The molecule has 0 aliphatic rings. The molecule has 2 N–H and O–H groups in total. The van der Waals surface area contributed by atoms with Gasteiger partial charge in [-0.15, -0.1) is 0 Å². The van der Waals surface area contributed by atoms with Gasteiger partial charge in [0.15, 0.2) is 0 Å². The van der Waals surface area contributed by atoms with E-state index in [1.807, 2.05) is 37.3 Å². The number of nitrogens with one attached hydrogen (secondary N) is 2. The van der Waals surface area contributed by atoms with E-state index in [9.17, 15) is 13.2 Å². The highest BCUT2D eigenvalue weighted by molar-refractivity contribution is 7.89. The molecule has 0 aliphatic heterocycles. The van der Waals surface area contributed by atoms with E-state index in [-0.39, 0.29) is 16.8 Å². The zero-order chi connectivity index (χ0) is 17.7. The maximum absolute atomic E-state index is 12.7. The zero-order valence-electron chi connectivity index (χ0n) is 14.0. The fourth-order valence-electron chi connectivity index (χ4n) is 2.46. The molecule has 0 saturated carbocycles. The second kappa shape index (κ2) is 7.59. The van der Waals surface area contributed by atoms with E-state index in [0.29, 0.717) is 17.7 Å². The molecule has 0 saturated heterocycles. The fourth-order valence-corrected chi connectivity index (χ4v) is 3.85. The molecule has 2 aromatic carbocycles. The van der Waals surface area contributed by atoms with Crippen LogP contribution in [0.1, 0.15) is 37.4 Å². The first-order valence-electron chi connectivity index (χ1n) is 7.79. The smallest absolute Gasteiger partial charge is 0.241 e. The Morgan fingerprint density at radius 3 is 2.33 bits per heavy atom. The molecule has 0 radical (unpaired) electrons. The van der Waals surface area contributed by atoms with Crippen molar-refractivity contribution in [2.24, 2.45) is 0 Å². The predicted octanol–water partition coefficient (Wildman–Crippen LogP) is 3.38. The van der Waals surface area contributed by atoms with Crippen molar-refractivity contribution in [1.82, 2.24) is 4.72 Å². The summed E-state index contributed by atoms with van der Waals surface area (Å²) in [6, 6.07) is 13.9. The number of benzene rings is 2. The number of aryl methyl sites for hydroxylation is 1. The molecule has 2 aromatic rings. The third-order valence-corrected chi connectivity index (χ3v) is 5.20.